The van der Waals surface area contributed by atoms with E-state index in [4.69, 9.17) is 4.18 Å². The van der Waals surface area contributed by atoms with E-state index in [9.17, 15) is 30.8 Å². The van der Waals surface area contributed by atoms with Gasteiger partial charge in [0.2, 0.25) is 5.91 Å². The van der Waals surface area contributed by atoms with Gasteiger partial charge in [0.1, 0.15) is 16.5 Å². The number of nitrogens with zero attached hydrogens (tertiary/aromatic N) is 2. The van der Waals surface area contributed by atoms with Crippen molar-refractivity contribution in [1.29, 1.82) is 0 Å². The lowest BCUT2D eigenvalue weighted by molar-refractivity contribution is -0.137. The summed E-state index contributed by atoms with van der Waals surface area (Å²) in [6.45, 7) is 3.78. The largest absolute Gasteiger partial charge is 0.416 e. The van der Waals surface area contributed by atoms with Crippen molar-refractivity contribution < 1.29 is 35.0 Å². The minimum atomic E-state index is -4.83. The number of anilines is 1. The Balaban J connectivity index is 1.75. The van der Waals surface area contributed by atoms with Crippen LogP contribution < -0.4 is 9.08 Å². The molecule has 2 aromatic carbocycles. The summed E-state index contributed by atoms with van der Waals surface area (Å²) < 4.78 is 81.8. The zero-order valence-corrected chi connectivity index (χ0v) is 16.6. The van der Waals surface area contributed by atoms with Crippen LogP contribution in [0.25, 0.3) is 0 Å². The molecule has 1 amide bonds. The van der Waals surface area contributed by atoms with Crippen LogP contribution in [0.15, 0.2) is 47.4 Å². The van der Waals surface area contributed by atoms with Crippen LogP contribution in [-0.4, -0.2) is 45.4 Å². The second kappa shape index (κ2) is 8.13. The average molecular weight is 446 g/mol. The van der Waals surface area contributed by atoms with Crippen molar-refractivity contribution in [1.82, 2.24) is 4.90 Å². The Labute approximate surface area is 170 Å². The minimum absolute atomic E-state index is 0.00886. The fourth-order valence-corrected chi connectivity index (χ4v) is 4.07. The van der Waals surface area contributed by atoms with Crippen LogP contribution in [0.4, 0.5) is 23.2 Å². The summed E-state index contributed by atoms with van der Waals surface area (Å²) in [5.74, 6) is -1.52. The third kappa shape index (κ3) is 4.84. The van der Waals surface area contributed by atoms with E-state index >= 15 is 0 Å². The van der Waals surface area contributed by atoms with Crippen LogP contribution in [0.3, 0.4) is 0 Å². The van der Waals surface area contributed by atoms with E-state index in [1.54, 1.807) is 17.0 Å². The maximum absolute atomic E-state index is 13.9. The first-order valence-electron chi connectivity index (χ1n) is 8.89. The molecule has 0 bridgehead atoms. The Bertz CT molecular complexity index is 1030. The van der Waals surface area contributed by atoms with Crippen LogP contribution >= 0.6 is 0 Å². The van der Waals surface area contributed by atoms with Gasteiger partial charge in [-0.05, 0) is 42.5 Å². The van der Waals surface area contributed by atoms with Gasteiger partial charge in [-0.25, -0.2) is 4.39 Å². The Kier molecular flexibility index (Phi) is 5.93. The van der Waals surface area contributed by atoms with Crippen molar-refractivity contribution in [3.8, 4) is 5.75 Å². The highest BCUT2D eigenvalue weighted by Gasteiger charge is 2.33. The van der Waals surface area contributed by atoms with E-state index < -0.39 is 32.6 Å². The molecule has 2 aromatic rings. The van der Waals surface area contributed by atoms with Crippen molar-refractivity contribution in [2.24, 2.45) is 0 Å². The molecule has 1 fully saturated rings. The molecule has 0 aliphatic carbocycles. The summed E-state index contributed by atoms with van der Waals surface area (Å²) in [4.78, 5) is 13.9. The van der Waals surface area contributed by atoms with Gasteiger partial charge in [0.25, 0.3) is 0 Å². The quantitative estimate of drug-likeness (QED) is 0.533. The molecule has 0 aromatic heterocycles. The van der Waals surface area contributed by atoms with Crippen LogP contribution in [-0.2, 0) is 21.1 Å². The predicted molar refractivity (Wildman–Crippen MR) is 100 cm³/mol. The molecule has 1 heterocycles. The third-order valence-electron chi connectivity index (χ3n) is 4.66. The van der Waals surface area contributed by atoms with E-state index in [1.807, 2.05) is 4.90 Å². The molecule has 0 atom stereocenters. The van der Waals surface area contributed by atoms with E-state index in [0.717, 1.165) is 5.69 Å². The smallest absolute Gasteiger partial charge is 0.379 e. The van der Waals surface area contributed by atoms with Crippen LogP contribution in [0.5, 0.6) is 5.75 Å². The van der Waals surface area contributed by atoms with Crippen molar-refractivity contribution in [3.63, 3.8) is 0 Å². The highest BCUT2D eigenvalue weighted by molar-refractivity contribution is 7.87. The first kappa shape index (κ1) is 21.9. The van der Waals surface area contributed by atoms with E-state index in [1.165, 1.54) is 19.1 Å². The Morgan fingerprint density at radius 3 is 2.13 bits per heavy atom. The lowest BCUT2D eigenvalue weighted by Crippen LogP contribution is -2.48. The SMILES string of the molecule is CC(=O)N1CCN(c2ccc(OS(=O)(=O)c3cc(C(F)(F)F)ccc3F)cc2)CC1. The molecule has 0 saturated carbocycles. The van der Waals surface area contributed by atoms with Crippen LogP contribution in [0, 0.1) is 5.82 Å². The summed E-state index contributed by atoms with van der Waals surface area (Å²) >= 11 is 0. The maximum atomic E-state index is 13.9. The number of carbonyl (C=O) groups excluding carboxylic acids is 1. The number of amides is 1. The van der Waals surface area contributed by atoms with Gasteiger partial charge in [0, 0.05) is 38.8 Å². The summed E-state index contributed by atoms with van der Waals surface area (Å²) in [5.41, 5.74) is -0.542. The molecule has 0 unspecified atom stereocenters. The van der Waals surface area contributed by atoms with Gasteiger partial charge in [-0.1, -0.05) is 0 Å². The molecule has 11 heteroatoms. The number of carbonyl (C=O) groups is 1. The number of hydrogen-bond acceptors (Lipinski definition) is 5. The first-order valence-corrected chi connectivity index (χ1v) is 10.3. The number of alkyl halides is 3. The number of rotatable bonds is 4. The molecule has 1 aliphatic rings. The van der Waals surface area contributed by atoms with Gasteiger partial charge in [-0.3, -0.25) is 4.79 Å². The summed E-state index contributed by atoms with van der Waals surface area (Å²) in [5, 5.41) is 0. The number of piperazine rings is 1. The van der Waals surface area contributed by atoms with Crippen molar-refractivity contribution >= 4 is 21.7 Å². The van der Waals surface area contributed by atoms with Gasteiger partial charge in [0.15, 0.2) is 0 Å². The second-order valence-electron chi connectivity index (χ2n) is 6.67. The standard InChI is InChI=1S/C19H18F4N2O4S/c1-13(26)24-8-10-25(11-9-24)15-3-5-16(6-4-15)29-30(27,28)18-12-14(19(21,22)23)2-7-17(18)20/h2-7,12H,8-11H2,1H3. The molecule has 3 rings (SSSR count). The van der Waals surface area contributed by atoms with E-state index in [-0.39, 0.29) is 17.7 Å². The third-order valence-corrected chi connectivity index (χ3v) is 5.92. The molecule has 0 spiro atoms. The zero-order valence-electron chi connectivity index (χ0n) is 15.8. The average Bonchev–Trinajstić information content (AvgIpc) is 2.67. The number of halogens is 4. The van der Waals surface area contributed by atoms with Crippen molar-refractivity contribution in [3.05, 3.63) is 53.8 Å². The number of hydrogen-bond donors (Lipinski definition) is 0. The number of benzene rings is 2. The predicted octanol–water partition coefficient (Wildman–Crippen LogP) is 3.28. The molecule has 1 saturated heterocycles. The Morgan fingerprint density at radius 2 is 1.60 bits per heavy atom. The molecule has 30 heavy (non-hydrogen) atoms. The Hall–Kier alpha value is -2.82. The molecule has 6 nitrogen and oxygen atoms in total. The molecule has 1 aliphatic heterocycles. The topological polar surface area (TPSA) is 66.9 Å². The monoisotopic (exact) mass is 446 g/mol. The summed E-state index contributed by atoms with van der Waals surface area (Å²) in [6, 6.07) is 6.91. The normalized spacial score (nSPS) is 15.2. The fraction of sp³-hybridized carbons (Fsp3) is 0.316. The highest BCUT2D eigenvalue weighted by atomic mass is 32.2. The van der Waals surface area contributed by atoms with Crippen LogP contribution in [0.2, 0.25) is 0 Å². The van der Waals surface area contributed by atoms with E-state index in [0.29, 0.717) is 38.3 Å². The molecule has 162 valence electrons. The second-order valence-corrected chi connectivity index (χ2v) is 8.18. The zero-order chi connectivity index (χ0) is 22.1. The van der Waals surface area contributed by atoms with Gasteiger partial charge in [0.05, 0.1) is 5.56 Å². The highest BCUT2D eigenvalue weighted by Crippen LogP contribution is 2.32. The van der Waals surface area contributed by atoms with Crippen LogP contribution in [0.1, 0.15) is 12.5 Å². The molecular formula is C19H18F4N2O4S. The maximum Gasteiger partial charge on any atom is 0.416 e. The van der Waals surface area contributed by atoms with Gasteiger partial charge in [-0.2, -0.15) is 21.6 Å². The first-order chi connectivity index (χ1) is 14.0. The summed E-state index contributed by atoms with van der Waals surface area (Å²) in [7, 11) is -4.81. The molecular weight excluding hydrogens is 428 g/mol. The molecule has 0 radical (unpaired) electrons. The van der Waals surface area contributed by atoms with Gasteiger partial charge >= 0.3 is 16.3 Å². The molecule has 0 N–H and O–H groups in total. The van der Waals surface area contributed by atoms with Crippen molar-refractivity contribution in [2.45, 2.75) is 18.0 Å². The van der Waals surface area contributed by atoms with Crippen molar-refractivity contribution in [2.75, 3.05) is 31.1 Å². The lowest BCUT2D eigenvalue weighted by atomic mass is 10.2. The van der Waals surface area contributed by atoms with Gasteiger partial charge < -0.3 is 14.0 Å². The van der Waals surface area contributed by atoms with E-state index in [2.05, 4.69) is 0 Å². The Morgan fingerprint density at radius 1 is 1.00 bits per heavy atom. The van der Waals surface area contributed by atoms with Gasteiger partial charge in [-0.15, -0.1) is 0 Å². The minimum Gasteiger partial charge on any atom is -0.379 e. The lowest BCUT2D eigenvalue weighted by Gasteiger charge is -2.35. The summed E-state index contributed by atoms with van der Waals surface area (Å²) in [6.07, 6.45) is -4.83. The fourth-order valence-electron chi connectivity index (χ4n) is 3.03.